The number of hydrogen-bond acceptors (Lipinski definition) is 7. The molecule has 0 fully saturated rings. The van der Waals surface area contributed by atoms with Crippen LogP contribution >= 0.6 is 0 Å². The van der Waals surface area contributed by atoms with E-state index in [0.717, 1.165) is 44.9 Å². The first-order valence-electron chi connectivity index (χ1n) is 15.9. The predicted octanol–water partition coefficient (Wildman–Crippen LogP) is 5.11. The third-order valence-electron chi connectivity index (χ3n) is 8.25. The first-order valence-corrected chi connectivity index (χ1v) is 15.9. The fourth-order valence-electron chi connectivity index (χ4n) is 6.12. The maximum absolute atomic E-state index is 13.9. The molecule has 0 radical (unpaired) electrons. The average molecular weight is 651 g/mol. The highest BCUT2D eigenvalue weighted by atomic mass is 16.6. The lowest BCUT2D eigenvalue weighted by Gasteiger charge is -2.26. The maximum atomic E-state index is 13.9. The second kappa shape index (κ2) is 14.5. The number of benzene rings is 3. The van der Waals surface area contributed by atoms with Crippen LogP contribution < -0.4 is 10.6 Å². The van der Waals surface area contributed by atoms with Gasteiger partial charge < -0.3 is 24.7 Å². The van der Waals surface area contributed by atoms with E-state index in [2.05, 4.69) is 15.4 Å². The van der Waals surface area contributed by atoms with Gasteiger partial charge in [0.2, 0.25) is 11.7 Å². The number of rotatable bonds is 12. The van der Waals surface area contributed by atoms with Gasteiger partial charge in [0.25, 0.3) is 0 Å². The van der Waals surface area contributed by atoms with E-state index >= 15 is 0 Å². The van der Waals surface area contributed by atoms with Crippen LogP contribution in [-0.4, -0.2) is 63.6 Å². The van der Waals surface area contributed by atoms with Crippen LogP contribution in [-0.2, 0) is 37.3 Å². The molecule has 0 unspecified atom stereocenters. The van der Waals surface area contributed by atoms with E-state index in [-0.39, 0.29) is 31.8 Å². The van der Waals surface area contributed by atoms with Crippen molar-refractivity contribution >= 4 is 40.9 Å². The number of Topliss-reactive ketones (excluding diaryl/α,β-unsaturated/α-hetero) is 1. The van der Waals surface area contributed by atoms with E-state index < -0.39 is 41.4 Å². The molecule has 0 spiro atoms. The zero-order valence-corrected chi connectivity index (χ0v) is 27.5. The van der Waals surface area contributed by atoms with Crippen molar-refractivity contribution in [3.8, 4) is 11.1 Å². The van der Waals surface area contributed by atoms with Gasteiger partial charge in [-0.1, -0.05) is 66.7 Å². The predicted molar refractivity (Wildman–Crippen MR) is 180 cm³/mol. The number of nitrogens with one attached hydrogen (secondary N) is 3. The lowest BCUT2D eigenvalue weighted by atomic mass is 9.98. The first-order chi connectivity index (χ1) is 22.9. The molecule has 248 valence electrons. The molecule has 0 saturated carbocycles. The second-order valence-electron chi connectivity index (χ2n) is 12.9. The lowest BCUT2D eigenvalue weighted by Crippen LogP contribution is -2.53. The Morgan fingerprint density at radius 2 is 1.54 bits per heavy atom. The number of para-hydroxylation sites is 1. The van der Waals surface area contributed by atoms with Crippen LogP contribution in [0.2, 0.25) is 0 Å². The number of aromatic nitrogens is 1. The van der Waals surface area contributed by atoms with Crippen molar-refractivity contribution in [3.05, 3.63) is 95.7 Å². The van der Waals surface area contributed by atoms with Crippen LogP contribution in [0.15, 0.2) is 79.0 Å². The number of carbonyl (C=O) groups is 4. The van der Waals surface area contributed by atoms with Crippen molar-refractivity contribution in [3.63, 3.8) is 0 Å². The Bertz CT molecular complexity index is 1860. The van der Waals surface area contributed by atoms with Crippen LogP contribution in [0.25, 0.3) is 22.0 Å². The molecule has 0 aliphatic heterocycles. The van der Waals surface area contributed by atoms with Gasteiger partial charge in [-0.2, -0.15) is 0 Å². The zero-order chi connectivity index (χ0) is 34.4. The van der Waals surface area contributed by atoms with E-state index in [1.165, 1.54) is 0 Å². The van der Waals surface area contributed by atoms with Gasteiger partial charge in [-0.05, 0) is 61.1 Å². The van der Waals surface area contributed by atoms with Gasteiger partial charge in [0.1, 0.15) is 24.3 Å². The summed E-state index contributed by atoms with van der Waals surface area (Å²) in [5.41, 5.74) is 12.1. The van der Waals surface area contributed by atoms with Gasteiger partial charge in [0.15, 0.2) is 0 Å². The molecule has 11 heteroatoms. The van der Waals surface area contributed by atoms with E-state index in [1.54, 1.807) is 20.8 Å². The molecule has 1 aliphatic carbocycles. The summed E-state index contributed by atoms with van der Waals surface area (Å²) in [4.78, 5) is 55.6. The average Bonchev–Trinajstić information content (AvgIpc) is 3.54. The summed E-state index contributed by atoms with van der Waals surface area (Å²) >= 11 is 0. The fraction of sp³-hybridized carbons (Fsp3) is 0.324. The summed E-state index contributed by atoms with van der Waals surface area (Å²) in [6.07, 6.45) is 1.82. The van der Waals surface area contributed by atoms with E-state index in [1.807, 2.05) is 90.6 Å². The lowest BCUT2D eigenvalue weighted by molar-refractivity contribution is -0.159. The summed E-state index contributed by atoms with van der Waals surface area (Å²) in [7, 11) is 1.90. The molecule has 3 N–H and O–H groups in total. The topological polar surface area (TPSA) is 154 Å². The van der Waals surface area contributed by atoms with Crippen molar-refractivity contribution in [2.75, 3.05) is 6.61 Å². The molecular formula is C37H40N5O6+. The molecule has 0 saturated heterocycles. The van der Waals surface area contributed by atoms with Crippen molar-refractivity contribution < 1.29 is 33.4 Å². The Balaban J connectivity index is 1.37. The minimum absolute atomic E-state index is 0.0582. The highest BCUT2D eigenvalue weighted by Gasteiger charge is 2.33. The SMILES string of the molecule is Cn1cc(C[C@H](NC(=O)OCC2c3ccccc3-c3ccccc32)C(=O)N[C@@H](CCC(=O)C=[N+]=N)C(=O)OC(C)(C)C)c2ccccc21. The van der Waals surface area contributed by atoms with Gasteiger partial charge in [-0.3, -0.25) is 9.59 Å². The molecule has 2 amide bonds. The normalized spacial score (nSPS) is 13.4. The molecule has 48 heavy (non-hydrogen) atoms. The summed E-state index contributed by atoms with van der Waals surface area (Å²) in [5, 5.41) is 6.36. The van der Waals surface area contributed by atoms with Crippen molar-refractivity contribution in [1.29, 1.82) is 5.53 Å². The monoisotopic (exact) mass is 650 g/mol. The van der Waals surface area contributed by atoms with E-state index in [9.17, 15) is 19.2 Å². The molecule has 5 rings (SSSR count). The third kappa shape index (κ3) is 7.87. The highest BCUT2D eigenvalue weighted by molar-refractivity contribution is 6.25. The van der Waals surface area contributed by atoms with Crippen LogP contribution in [0.5, 0.6) is 0 Å². The van der Waals surface area contributed by atoms with E-state index in [4.69, 9.17) is 15.0 Å². The van der Waals surface area contributed by atoms with Gasteiger partial charge in [0, 0.05) is 42.9 Å². The van der Waals surface area contributed by atoms with Crippen LogP contribution in [0.4, 0.5) is 4.79 Å². The molecule has 1 aliphatic rings. The Kier molecular flexibility index (Phi) is 10.2. The highest BCUT2D eigenvalue weighted by Crippen LogP contribution is 2.44. The summed E-state index contributed by atoms with van der Waals surface area (Å²) < 4.78 is 13.2. The van der Waals surface area contributed by atoms with Gasteiger partial charge >= 0.3 is 18.3 Å². The number of nitrogens with zero attached hydrogens (tertiary/aromatic N) is 2. The number of hydrogen-bond donors (Lipinski definition) is 3. The number of alkyl carbamates (subject to hydrolysis) is 1. The molecule has 1 heterocycles. The largest absolute Gasteiger partial charge is 0.458 e. The standard InChI is InChI=1S/C37H39N5O6/c1-37(2,3)48-35(45)31(18-17-24(43)20-39-38)40-34(44)32(19-23-21-42(4)33-16-10-9-11-25(23)33)41-36(46)47-22-30-28-14-7-5-12-26(28)27-13-6-8-15-29(27)30/h5-16,20-21,30-32,38H,17-19,22H2,1-4H3,(H-,40,41,44,46)/p+1/t31-,32-/m0/s1. The van der Waals surface area contributed by atoms with E-state index in [0.29, 0.717) is 0 Å². The fourth-order valence-corrected chi connectivity index (χ4v) is 6.12. The Morgan fingerprint density at radius 3 is 2.19 bits per heavy atom. The zero-order valence-electron chi connectivity index (χ0n) is 27.5. The Morgan fingerprint density at radius 1 is 0.917 bits per heavy atom. The van der Waals surface area contributed by atoms with Gasteiger partial charge in [0.05, 0.1) is 10.3 Å². The quantitative estimate of drug-likeness (QED) is 0.0838. The summed E-state index contributed by atoms with van der Waals surface area (Å²) in [6, 6.07) is 21.4. The number of ether oxygens (including phenoxy) is 2. The Hall–Kier alpha value is -5.54. The number of carbonyl (C=O) groups excluding carboxylic acids is 4. The molecule has 4 aromatic rings. The van der Waals surface area contributed by atoms with Crippen molar-refractivity contribution in [1.82, 2.24) is 15.2 Å². The molecule has 11 nitrogen and oxygen atoms in total. The second-order valence-corrected chi connectivity index (χ2v) is 12.9. The smallest absolute Gasteiger partial charge is 0.407 e. The van der Waals surface area contributed by atoms with Gasteiger partial charge in [-0.25, -0.2) is 9.59 Å². The minimum Gasteiger partial charge on any atom is -0.458 e. The van der Waals surface area contributed by atoms with Crippen LogP contribution in [0.1, 0.15) is 56.2 Å². The number of esters is 1. The van der Waals surface area contributed by atoms with Crippen molar-refractivity contribution in [2.45, 2.75) is 63.6 Å². The maximum Gasteiger partial charge on any atom is 0.407 e. The van der Waals surface area contributed by atoms with Gasteiger partial charge in [-0.15, -0.1) is 0 Å². The van der Waals surface area contributed by atoms with Crippen LogP contribution in [0, 0.1) is 5.53 Å². The summed E-state index contributed by atoms with van der Waals surface area (Å²) in [6.45, 7) is 5.15. The molecule has 2 atom stereocenters. The number of aryl methyl sites for hydroxylation is 1. The molecular weight excluding hydrogens is 610 g/mol. The molecule has 3 aromatic carbocycles. The molecule has 0 bridgehead atoms. The first kappa shape index (κ1) is 33.8. The molecule has 1 aromatic heterocycles. The third-order valence-corrected chi connectivity index (χ3v) is 8.25. The Labute approximate surface area is 278 Å². The number of amides is 2. The summed E-state index contributed by atoms with van der Waals surface area (Å²) in [5.74, 6) is -2.02. The number of fused-ring (bicyclic) bond motifs is 4. The number of ketones is 1. The van der Waals surface area contributed by atoms with Crippen molar-refractivity contribution in [2.24, 2.45) is 7.05 Å². The van der Waals surface area contributed by atoms with Crippen LogP contribution in [0.3, 0.4) is 0 Å². The minimum atomic E-state index is -1.20.